The zero-order valence-electron chi connectivity index (χ0n) is 21.3. The van der Waals surface area contributed by atoms with Crippen LogP contribution in [0, 0.1) is 24.0 Å². The Hall–Kier alpha value is -4.70. The molecule has 0 unspecified atom stereocenters. The minimum atomic E-state index is -0.843. The van der Waals surface area contributed by atoms with Crippen molar-refractivity contribution in [2.45, 2.75) is 27.4 Å². The number of urea groups is 1. The third-order valence-corrected chi connectivity index (χ3v) is 5.99. The van der Waals surface area contributed by atoms with Gasteiger partial charge in [-0.25, -0.2) is 9.69 Å². The number of ether oxygens (including phenoxy) is 2. The van der Waals surface area contributed by atoms with Gasteiger partial charge in [-0.1, -0.05) is 29.8 Å². The Bertz CT molecular complexity index is 1510. The molecule has 0 saturated carbocycles. The van der Waals surface area contributed by atoms with Gasteiger partial charge in [-0.05, 0) is 73.4 Å². The minimum absolute atomic E-state index is 0.0181. The van der Waals surface area contributed by atoms with Crippen molar-refractivity contribution in [3.8, 4) is 11.5 Å². The van der Waals surface area contributed by atoms with Crippen molar-refractivity contribution in [2.75, 3.05) is 11.5 Å². The number of imide groups is 2. The second-order valence-electron chi connectivity index (χ2n) is 8.78. The van der Waals surface area contributed by atoms with Crippen LogP contribution in [0.4, 0.5) is 16.2 Å². The maximum absolute atomic E-state index is 13.3. The quantitative estimate of drug-likeness (QED) is 0.170. The zero-order chi connectivity index (χ0) is 28.3. The van der Waals surface area contributed by atoms with Crippen molar-refractivity contribution in [1.29, 1.82) is 0 Å². The maximum Gasteiger partial charge on any atom is 0.335 e. The summed E-state index contributed by atoms with van der Waals surface area (Å²) < 4.78 is 11.5. The number of nitrogens with zero attached hydrogens (tertiary/aromatic N) is 2. The third kappa shape index (κ3) is 6.07. The molecule has 39 heavy (non-hydrogen) atoms. The van der Waals surface area contributed by atoms with E-state index in [9.17, 15) is 24.5 Å². The van der Waals surface area contributed by atoms with Gasteiger partial charge >= 0.3 is 6.03 Å². The molecule has 4 rings (SSSR count). The normalized spacial score (nSPS) is 14.4. The van der Waals surface area contributed by atoms with Crippen molar-refractivity contribution in [3.05, 3.63) is 97.6 Å². The fourth-order valence-electron chi connectivity index (χ4n) is 4.13. The lowest BCUT2D eigenvalue weighted by Crippen LogP contribution is -2.54. The van der Waals surface area contributed by atoms with Crippen molar-refractivity contribution in [3.63, 3.8) is 0 Å². The number of benzene rings is 3. The van der Waals surface area contributed by atoms with Gasteiger partial charge in [-0.3, -0.25) is 25.0 Å². The number of aryl methyl sites for hydroxylation is 2. The SMILES string of the molecule is CCOc1cc(/C=C2\C(=O)NC(=O)N(c3cc(C)cc(C)c3)C2=O)cc(Cl)c1OCc1cccc([N+](=O)[O-])c1. The highest BCUT2D eigenvalue weighted by molar-refractivity contribution is 6.39. The number of carbonyl (C=O) groups is 3. The van der Waals surface area contributed by atoms with Crippen molar-refractivity contribution >= 4 is 46.9 Å². The van der Waals surface area contributed by atoms with Gasteiger partial charge in [0.15, 0.2) is 11.5 Å². The van der Waals surface area contributed by atoms with Crippen molar-refractivity contribution in [1.82, 2.24) is 5.32 Å². The molecule has 0 bridgehead atoms. The largest absolute Gasteiger partial charge is 0.490 e. The fraction of sp³-hybridized carbons (Fsp3) is 0.179. The first kappa shape index (κ1) is 27.3. The molecular weight excluding hydrogens is 526 g/mol. The molecule has 1 N–H and O–H groups in total. The fourth-order valence-corrected chi connectivity index (χ4v) is 4.40. The molecule has 0 aliphatic carbocycles. The van der Waals surface area contributed by atoms with Crippen LogP contribution in [0.3, 0.4) is 0 Å². The number of non-ortho nitro benzene ring substituents is 1. The molecule has 0 aromatic heterocycles. The summed E-state index contributed by atoms with van der Waals surface area (Å²) in [6.45, 7) is 5.68. The van der Waals surface area contributed by atoms with Gasteiger partial charge in [0.25, 0.3) is 17.5 Å². The summed E-state index contributed by atoms with van der Waals surface area (Å²) in [4.78, 5) is 50.0. The van der Waals surface area contributed by atoms with E-state index in [4.69, 9.17) is 21.1 Å². The van der Waals surface area contributed by atoms with Crippen LogP contribution in [0.1, 0.15) is 29.2 Å². The van der Waals surface area contributed by atoms with Crippen LogP contribution in [0.5, 0.6) is 11.5 Å². The summed E-state index contributed by atoms with van der Waals surface area (Å²) >= 11 is 6.50. The number of nitrogens with one attached hydrogen (secondary N) is 1. The summed E-state index contributed by atoms with van der Waals surface area (Å²) in [7, 11) is 0. The van der Waals surface area contributed by atoms with Crippen LogP contribution >= 0.6 is 11.6 Å². The van der Waals surface area contributed by atoms with Crippen LogP contribution in [0.15, 0.2) is 60.2 Å². The van der Waals surface area contributed by atoms with E-state index in [2.05, 4.69) is 5.32 Å². The predicted molar refractivity (Wildman–Crippen MR) is 145 cm³/mol. The van der Waals surface area contributed by atoms with E-state index >= 15 is 0 Å². The number of rotatable bonds is 8. The highest BCUT2D eigenvalue weighted by atomic mass is 35.5. The van der Waals surface area contributed by atoms with Crippen LogP contribution < -0.4 is 19.7 Å². The first-order valence-corrected chi connectivity index (χ1v) is 12.3. The van der Waals surface area contributed by atoms with Crippen molar-refractivity contribution in [2.24, 2.45) is 0 Å². The van der Waals surface area contributed by atoms with Gasteiger partial charge < -0.3 is 9.47 Å². The number of barbiturate groups is 1. The number of carbonyl (C=O) groups excluding carboxylic acids is 3. The molecule has 4 amide bonds. The van der Waals surface area contributed by atoms with Gasteiger partial charge in [-0.2, -0.15) is 0 Å². The van der Waals surface area contributed by atoms with E-state index in [1.54, 1.807) is 37.3 Å². The lowest BCUT2D eigenvalue weighted by Gasteiger charge is -2.27. The average molecular weight is 550 g/mol. The standard InChI is InChI=1S/C28H24ClN3O7/c1-4-38-24-14-19(13-23(29)25(24)39-15-18-6-5-7-20(11-18)32(36)37)12-22-26(33)30-28(35)31(27(22)34)21-9-16(2)8-17(3)10-21/h5-14H,4,15H2,1-3H3,(H,30,33,35)/b22-12+. The Kier molecular flexibility index (Phi) is 7.96. The van der Waals surface area contributed by atoms with E-state index in [0.29, 0.717) is 16.8 Å². The van der Waals surface area contributed by atoms with Crippen LogP contribution in [-0.4, -0.2) is 29.4 Å². The second kappa shape index (κ2) is 11.4. The van der Waals surface area contributed by atoms with Gasteiger partial charge in [0.05, 0.1) is 22.2 Å². The topological polar surface area (TPSA) is 128 Å². The molecule has 0 atom stereocenters. The lowest BCUT2D eigenvalue weighted by atomic mass is 10.0. The van der Waals surface area contributed by atoms with Gasteiger partial charge in [0, 0.05) is 12.1 Å². The van der Waals surface area contributed by atoms with E-state index < -0.39 is 22.8 Å². The maximum atomic E-state index is 13.3. The summed E-state index contributed by atoms with van der Waals surface area (Å²) in [5, 5.41) is 13.4. The van der Waals surface area contributed by atoms with E-state index in [-0.39, 0.29) is 41.0 Å². The zero-order valence-corrected chi connectivity index (χ0v) is 22.1. The first-order valence-electron chi connectivity index (χ1n) is 11.9. The molecule has 1 heterocycles. The molecular formula is C28H24ClN3O7. The number of halogens is 1. The Balaban J connectivity index is 1.66. The molecule has 3 aromatic carbocycles. The smallest absolute Gasteiger partial charge is 0.335 e. The number of amides is 4. The molecule has 1 aliphatic heterocycles. The monoisotopic (exact) mass is 549 g/mol. The summed E-state index contributed by atoms with van der Waals surface area (Å²) in [5.74, 6) is -1.19. The van der Waals surface area contributed by atoms with Gasteiger partial charge in [0.2, 0.25) is 0 Å². The molecule has 11 heteroatoms. The number of hydrogen-bond acceptors (Lipinski definition) is 7. The molecule has 1 aliphatic rings. The Labute approximate surface area is 228 Å². The van der Waals surface area contributed by atoms with E-state index in [0.717, 1.165) is 16.0 Å². The molecule has 0 radical (unpaired) electrons. The van der Waals surface area contributed by atoms with Crippen LogP contribution in [0.2, 0.25) is 5.02 Å². The molecule has 0 spiro atoms. The number of hydrogen-bond donors (Lipinski definition) is 1. The highest BCUT2D eigenvalue weighted by Gasteiger charge is 2.37. The van der Waals surface area contributed by atoms with Gasteiger partial charge in [-0.15, -0.1) is 0 Å². The van der Waals surface area contributed by atoms with Crippen LogP contribution in [0.25, 0.3) is 6.08 Å². The minimum Gasteiger partial charge on any atom is -0.490 e. The Morgan fingerprint density at radius 3 is 2.41 bits per heavy atom. The average Bonchev–Trinajstić information content (AvgIpc) is 2.86. The lowest BCUT2D eigenvalue weighted by molar-refractivity contribution is -0.384. The third-order valence-electron chi connectivity index (χ3n) is 5.71. The molecule has 1 fully saturated rings. The van der Waals surface area contributed by atoms with E-state index in [1.807, 2.05) is 19.9 Å². The highest BCUT2D eigenvalue weighted by Crippen LogP contribution is 2.38. The summed E-state index contributed by atoms with van der Waals surface area (Å²) in [6, 6.07) is 13.4. The number of nitro benzene ring substituents is 1. The van der Waals surface area contributed by atoms with Crippen LogP contribution in [-0.2, 0) is 16.2 Å². The number of nitro groups is 1. The Morgan fingerprint density at radius 2 is 1.74 bits per heavy atom. The summed E-state index contributed by atoms with van der Waals surface area (Å²) in [6.07, 6.45) is 1.32. The van der Waals surface area contributed by atoms with Crippen molar-refractivity contribution < 1.29 is 28.8 Å². The molecule has 1 saturated heterocycles. The van der Waals surface area contributed by atoms with Gasteiger partial charge in [0.1, 0.15) is 12.2 Å². The first-order chi connectivity index (χ1) is 18.6. The summed E-state index contributed by atoms with van der Waals surface area (Å²) in [5.41, 5.74) is 2.61. The second-order valence-corrected chi connectivity index (χ2v) is 9.19. The Morgan fingerprint density at radius 1 is 1.03 bits per heavy atom. The predicted octanol–water partition coefficient (Wildman–Crippen LogP) is 5.51. The molecule has 10 nitrogen and oxygen atoms in total. The van der Waals surface area contributed by atoms with E-state index in [1.165, 1.54) is 24.3 Å². The molecule has 3 aromatic rings. The molecule has 200 valence electrons. The number of anilines is 1.